The number of ether oxygens (including phenoxy) is 2. The van der Waals surface area contributed by atoms with Crippen LogP contribution < -0.4 is 0 Å². The molecule has 0 aliphatic carbocycles. The zero-order valence-corrected chi connectivity index (χ0v) is 21.1. The van der Waals surface area contributed by atoms with E-state index >= 15 is 0 Å². The summed E-state index contributed by atoms with van der Waals surface area (Å²) in [5, 5.41) is 39.2. The molecule has 0 bridgehead atoms. The van der Waals surface area contributed by atoms with Gasteiger partial charge in [0.1, 0.15) is 17.8 Å². The lowest BCUT2D eigenvalue weighted by molar-refractivity contribution is -0.189. The molecule has 1 aliphatic heterocycles. The van der Waals surface area contributed by atoms with Crippen molar-refractivity contribution in [2.75, 3.05) is 13.2 Å². The summed E-state index contributed by atoms with van der Waals surface area (Å²) in [6.45, 7) is 5.18. The van der Waals surface area contributed by atoms with Gasteiger partial charge in [0.25, 0.3) is 0 Å². The highest BCUT2D eigenvalue weighted by atomic mass is 16.5. The zero-order valence-electron chi connectivity index (χ0n) is 21.1. The highest BCUT2D eigenvalue weighted by Crippen LogP contribution is 2.28. The van der Waals surface area contributed by atoms with Gasteiger partial charge in [-0.05, 0) is 39.0 Å². The van der Waals surface area contributed by atoms with E-state index in [4.69, 9.17) is 14.6 Å². The van der Waals surface area contributed by atoms with Gasteiger partial charge in [0, 0.05) is 18.9 Å². The number of aliphatic hydroxyl groups is 3. The molecule has 1 aliphatic rings. The molecule has 4 N–H and O–H groups in total. The summed E-state index contributed by atoms with van der Waals surface area (Å²) in [6, 6.07) is 0. The van der Waals surface area contributed by atoms with Crippen LogP contribution in [0.25, 0.3) is 0 Å². The van der Waals surface area contributed by atoms with E-state index in [1.165, 1.54) is 6.08 Å². The van der Waals surface area contributed by atoms with E-state index in [0.29, 0.717) is 12.0 Å². The Morgan fingerprint density at radius 2 is 1.80 bits per heavy atom. The maximum Gasteiger partial charge on any atom is 0.330 e. The molecule has 0 radical (unpaired) electrons. The van der Waals surface area contributed by atoms with Gasteiger partial charge in [0.05, 0.1) is 19.3 Å². The quantitative estimate of drug-likeness (QED) is 0.109. The molecule has 0 spiro atoms. The summed E-state index contributed by atoms with van der Waals surface area (Å²) < 4.78 is 10.7. The van der Waals surface area contributed by atoms with Crippen LogP contribution in [0, 0.1) is 5.92 Å². The van der Waals surface area contributed by atoms with Crippen LogP contribution in [0.5, 0.6) is 0 Å². The molecular formula is C26H42O9. The maximum atomic E-state index is 12.6. The highest BCUT2D eigenvalue weighted by molar-refractivity contribution is 5.89. The van der Waals surface area contributed by atoms with Crippen molar-refractivity contribution in [2.45, 2.75) is 102 Å². The van der Waals surface area contributed by atoms with Gasteiger partial charge in [-0.1, -0.05) is 50.3 Å². The van der Waals surface area contributed by atoms with Crippen molar-refractivity contribution >= 4 is 17.7 Å². The largest absolute Gasteiger partial charge is 0.481 e. The van der Waals surface area contributed by atoms with Crippen LogP contribution in [-0.4, -0.2) is 75.3 Å². The molecule has 0 aromatic carbocycles. The molecule has 5 unspecified atom stereocenters. The van der Waals surface area contributed by atoms with E-state index in [2.05, 4.69) is 0 Å². The van der Waals surface area contributed by atoms with E-state index in [9.17, 15) is 29.7 Å². The summed E-state index contributed by atoms with van der Waals surface area (Å²) in [7, 11) is 0. The van der Waals surface area contributed by atoms with Gasteiger partial charge in [-0.3, -0.25) is 9.59 Å². The molecule has 9 nitrogen and oxygen atoms in total. The van der Waals surface area contributed by atoms with Crippen LogP contribution in [-0.2, 0) is 23.9 Å². The van der Waals surface area contributed by atoms with Crippen LogP contribution >= 0.6 is 0 Å². The lowest BCUT2D eigenvalue weighted by Gasteiger charge is -2.38. The Balaban J connectivity index is 2.36. The van der Waals surface area contributed by atoms with Crippen molar-refractivity contribution in [3.8, 4) is 0 Å². The van der Waals surface area contributed by atoms with Crippen molar-refractivity contribution in [1.29, 1.82) is 0 Å². The van der Waals surface area contributed by atoms with Crippen LogP contribution in [0.3, 0.4) is 0 Å². The minimum atomic E-state index is -1.74. The second-order valence-electron chi connectivity index (χ2n) is 9.57. The second kappa shape index (κ2) is 15.8. The van der Waals surface area contributed by atoms with Gasteiger partial charge >= 0.3 is 11.9 Å². The molecule has 35 heavy (non-hydrogen) atoms. The highest BCUT2D eigenvalue weighted by Gasteiger charge is 2.47. The molecule has 1 fully saturated rings. The summed E-state index contributed by atoms with van der Waals surface area (Å²) in [6.07, 6.45) is 6.89. The first-order valence-electron chi connectivity index (χ1n) is 12.4. The number of ketones is 1. The monoisotopic (exact) mass is 498 g/mol. The predicted molar refractivity (Wildman–Crippen MR) is 130 cm³/mol. The molecule has 1 saturated heterocycles. The maximum absolute atomic E-state index is 12.6. The average molecular weight is 499 g/mol. The summed E-state index contributed by atoms with van der Waals surface area (Å²) in [5.41, 5.74) is -1.18. The zero-order chi connectivity index (χ0) is 26.4. The van der Waals surface area contributed by atoms with Crippen molar-refractivity contribution in [3.05, 3.63) is 23.8 Å². The number of carboxylic acid groups (broad SMARTS) is 1. The Morgan fingerprint density at radius 1 is 1.17 bits per heavy atom. The topological polar surface area (TPSA) is 151 Å². The molecule has 0 aromatic heterocycles. The fraction of sp³-hybridized carbons (Fsp3) is 0.731. The van der Waals surface area contributed by atoms with Crippen LogP contribution in [0.2, 0.25) is 0 Å². The van der Waals surface area contributed by atoms with Gasteiger partial charge in [-0.25, -0.2) is 4.79 Å². The Kier molecular flexibility index (Phi) is 14.0. The first-order chi connectivity index (χ1) is 16.5. The van der Waals surface area contributed by atoms with Gasteiger partial charge < -0.3 is 29.9 Å². The Bertz CT molecular complexity index is 743. The first-order valence-corrected chi connectivity index (χ1v) is 12.4. The molecule has 200 valence electrons. The molecule has 1 heterocycles. The Hall–Kier alpha value is -2.07. The number of aliphatic hydroxyl groups excluding tert-OH is 2. The normalized spacial score (nSPS) is 25.0. The predicted octanol–water partition coefficient (Wildman–Crippen LogP) is 2.70. The number of esters is 1. The van der Waals surface area contributed by atoms with Crippen LogP contribution in [0.15, 0.2) is 23.8 Å². The van der Waals surface area contributed by atoms with Gasteiger partial charge in [-0.15, -0.1) is 0 Å². The van der Waals surface area contributed by atoms with Crippen LogP contribution in [0.4, 0.5) is 0 Å². The molecule has 0 aromatic rings. The number of unbranched alkanes of at least 4 members (excludes halogenated alkanes) is 5. The number of rotatable bonds is 16. The van der Waals surface area contributed by atoms with E-state index in [-0.39, 0.29) is 38.4 Å². The molecular weight excluding hydrogens is 456 g/mol. The van der Waals surface area contributed by atoms with Crippen molar-refractivity contribution in [3.63, 3.8) is 0 Å². The molecule has 1 rings (SSSR count). The Morgan fingerprint density at radius 3 is 2.43 bits per heavy atom. The summed E-state index contributed by atoms with van der Waals surface area (Å²) in [5.74, 6) is -2.06. The number of hydrogen-bond acceptors (Lipinski definition) is 8. The molecule has 9 heteroatoms. The first kappa shape index (κ1) is 31.0. The van der Waals surface area contributed by atoms with Crippen molar-refractivity contribution < 1.29 is 44.3 Å². The summed E-state index contributed by atoms with van der Waals surface area (Å²) >= 11 is 0. The molecule has 0 amide bonds. The van der Waals surface area contributed by atoms with E-state index in [1.54, 1.807) is 26.0 Å². The van der Waals surface area contributed by atoms with Gasteiger partial charge in [0.15, 0.2) is 5.78 Å². The third-order valence-electron chi connectivity index (χ3n) is 6.20. The number of aliphatic carboxylic acids is 1. The minimum Gasteiger partial charge on any atom is -0.481 e. The lowest BCUT2D eigenvalue weighted by Crippen LogP contribution is -2.58. The number of hydrogen-bond donors (Lipinski definition) is 4. The van der Waals surface area contributed by atoms with Crippen molar-refractivity contribution in [2.24, 2.45) is 5.92 Å². The summed E-state index contributed by atoms with van der Waals surface area (Å²) in [4.78, 5) is 35.0. The fourth-order valence-electron chi connectivity index (χ4n) is 3.68. The standard InChI is InChI=1S/C26H42O9/c1-18(16-23(30)34-14-9-7-5-4-6-8-12-22(28)29)15-21-24(31)25(32)26(33,17-35-21)13-10-11-19(2)20(3)27/h10-11,16,19-21,25,27,32-33H,4-9,12-15,17H2,1-3H3,(H,28,29). The number of carbonyl (C=O) groups is 3. The third-order valence-corrected chi connectivity index (χ3v) is 6.20. The van der Waals surface area contributed by atoms with Gasteiger partial charge in [0.2, 0.25) is 0 Å². The Labute approximate surface area is 207 Å². The van der Waals surface area contributed by atoms with E-state index in [0.717, 1.165) is 32.1 Å². The van der Waals surface area contributed by atoms with E-state index in [1.807, 2.05) is 6.92 Å². The minimum absolute atomic E-state index is 0.00711. The lowest BCUT2D eigenvalue weighted by atomic mass is 9.84. The van der Waals surface area contributed by atoms with Crippen LogP contribution in [0.1, 0.15) is 78.6 Å². The fourth-order valence-corrected chi connectivity index (χ4v) is 3.68. The molecule has 5 atom stereocenters. The number of Topliss-reactive ketones (excluding diaryl/α,β-unsaturated/α-hetero) is 1. The number of carbonyl (C=O) groups excluding carboxylic acids is 2. The van der Waals surface area contributed by atoms with Crippen molar-refractivity contribution in [1.82, 2.24) is 0 Å². The SMILES string of the molecule is CC(=CC(=O)OCCCCCCCCC(=O)O)CC1OCC(O)(CC=CC(C)C(C)O)C(O)C1=O. The average Bonchev–Trinajstić information content (AvgIpc) is 2.78. The van der Waals surface area contributed by atoms with Gasteiger partial charge in [-0.2, -0.15) is 0 Å². The second-order valence-corrected chi connectivity index (χ2v) is 9.57. The molecule has 0 saturated carbocycles. The smallest absolute Gasteiger partial charge is 0.330 e. The number of carboxylic acids is 1. The van der Waals surface area contributed by atoms with E-state index < -0.39 is 41.6 Å². The third kappa shape index (κ3) is 11.9.